The zero-order chi connectivity index (χ0) is 18.7. The maximum atomic E-state index is 13.2. The van der Waals surface area contributed by atoms with Gasteiger partial charge in [0.15, 0.2) is 0 Å². The van der Waals surface area contributed by atoms with E-state index in [-0.39, 0.29) is 41.2 Å². The van der Waals surface area contributed by atoms with Crippen LogP contribution in [0.25, 0.3) is 0 Å². The molecule has 0 N–H and O–H groups in total. The summed E-state index contributed by atoms with van der Waals surface area (Å²) in [5, 5.41) is 11.1. The Morgan fingerprint density at radius 1 is 0.963 bits per heavy atom. The average Bonchev–Trinajstić information content (AvgIpc) is 3.32. The molecule has 2 saturated carbocycles. The van der Waals surface area contributed by atoms with Crippen molar-refractivity contribution in [2.75, 3.05) is 4.90 Å². The molecule has 0 aromatic heterocycles. The van der Waals surface area contributed by atoms with E-state index in [2.05, 4.69) is 12.2 Å². The van der Waals surface area contributed by atoms with Crippen LogP contribution in [-0.2, 0) is 9.59 Å². The predicted octanol–water partition coefficient (Wildman–Crippen LogP) is 3.78. The first-order valence-corrected chi connectivity index (χ1v) is 9.60. The second kappa shape index (κ2) is 5.87. The second-order valence-electron chi connectivity index (χ2n) is 7.90. The van der Waals surface area contributed by atoms with E-state index in [1.54, 1.807) is 6.07 Å². The van der Waals surface area contributed by atoms with E-state index in [1.165, 1.54) is 53.5 Å². The lowest BCUT2D eigenvalue weighted by molar-refractivity contribution is -0.384. The highest BCUT2D eigenvalue weighted by Gasteiger charge is 2.62. The highest BCUT2D eigenvalue weighted by atomic mass is 16.6. The van der Waals surface area contributed by atoms with Gasteiger partial charge in [-0.15, -0.1) is 0 Å². The van der Waals surface area contributed by atoms with Crippen molar-refractivity contribution < 1.29 is 14.5 Å². The van der Waals surface area contributed by atoms with Crippen LogP contribution in [0.2, 0.25) is 0 Å². The van der Waals surface area contributed by atoms with Gasteiger partial charge < -0.3 is 0 Å². The summed E-state index contributed by atoms with van der Waals surface area (Å²) in [6.45, 7) is 0. The van der Waals surface area contributed by atoms with Crippen LogP contribution in [0.5, 0.6) is 0 Å². The molecule has 1 heterocycles. The number of nitrogens with zero attached hydrogens (tertiary/aromatic N) is 2. The number of hydrogen-bond donors (Lipinski definition) is 0. The molecule has 138 valence electrons. The van der Waals surface area contributed by atoms with Crippen LogP contribution in [-0.4, -0.2) is 16.7 Å². The summed E-state index contributed by atoms with van der Waals surface area (Å²) in [7, 11) is 0. The van der Waals surface area contributed by atoms with Crippen LogP contribution in [0.3, 0.4) is 0 Å². The van der Waals surface area contributed by atoms with Gasteiger partial charge in [-0.25, -0.2) is 4.90 Å². The Balaban J connectivity index is 1.52. The Bertz CT molecular complexity index is 890. The lowest BCUT2D eigenvalue weighted by atomic mass is 9.85. The molecule has 2 amide bonds. The van der Waals surface area contributed by atoms with Crippen LogP contribution in [0.1, 0.15) is 32.1 Å². The standard InChI is InChI=1S/C21H20N2O4/c24-20-18-15-9-10-16(17(15)12-5-2-1-3-6-12)19(18)21(25)22(20)13-7-4-8-14(11-13)23(26)27/h4,7-11,15-16,18-19H,1-3,5-6H2/t15-,16-,18-,19-/m0/s1. The smallest absolute Gasteiger partial charge is 0.271 e. The Morgan fingerprint density at radius 2 is 1.59 bits per heavy atom. The summed E-state index contributed by atoms with van der Waals surface area (Å²) in [6, 6.07) is 5.79. The lowest BCUT2D eigenvalue weighted by Crippen LogP contribution is -2.33. The number of nitro groups is 1. The van der Waals surface area contributed by atoms with Gasteiger partial charge in [0, 0.05) is 24.0 Å². The molecule has 0 radical (unpaired) electrons. The molecule has 1 aromatic carbocycles. The topological polar surface area (TPSA) is 80.5 Å². The minimum absolute atomic E-state index is 0.0215. The van der Waals surface area contributed by atoms with E-state index in [0.29, 0.717) is 5.69 Å². The zero-order valence-electron chi connectivity index (χ0n) is 14.8. The molecular weight excluding hydrogens is 344 g/mol. The molecule has 4 atom stereocenters. The summed E-state index contributed by atoms with van der Waals surface area (Å²) in [4.78, 5) is 38.1. The Hall–Kier alpha value is -2.76. The molecule has 1 saturated heterocycles. The van der Waals surface area contributed by atoms with Gasteiger partial charge in [-0.1, -0.05) is 35.8 Å². The molecule has 1 aliphatic heterocycles. The number of anilines is 1. The fourth-order valence-corrected chi connectivity index (χ4v) is 5.50. The number of imide groups is 1. The Labute approximate surface area is 156 Å². The van der Waals surface area contributed by atoms with Gasteiger partial charge in [-0.2, -0.15) is 0 Å². The Kier molecular flexibility index (Phi) is 3.57. The van der Waals surface area contributed by atoms with E-state index in [9.17, 15) is 19.7 Å². The van der Waals surface area contributed by atoms with Gasteiger partial charge in [0.1, 0.15) is 0 Å². The molecule has 3 fully saturated rings. The van der Waals surface area contributed by atoms with Crippen molar-refractivity contribution in [2.45, 2.75) is 32.1 Å². The van der Waals surface area contributed by atoms with E-state index >= 15 is 0 Å². The molecule has 3 aliphatic carbocycles. The van der Waals surface area contributed by atoms with Crippen LogP contribution < -0.4 is 4.90 Å². The lowest BCUT2D eigenvalue weighted by Gasteiger charge is -2.23. The number of fused-ring (bicyclic) bond motifs is 5. The minimum atomic E-state index is -0.508. The van der Waals surface area contributed by atoms with Crippen molar-refractivity contribution in [2.24, 2.45) is 23.7 Å². The maximum absolute atomic E-state index is 13.2. The number of benzene rings is 1. The van der Waals surface area contributed by atoms with Crippen molar-refractivity contribution >= 4 is 23.2 Å². The number of amides is 2. The third kappa shape index (κ3) is 2.25. The molecule has 27 heavy (non-hydrogen) atoms. The maximum Gasteiger partial charge on any atom is 0.271 e. The number of hydrogen-bond acceptors (Lipinski definition) is 4. The third-order valence-corrected chi connectivity index (χ3v) is 6.58. The normalized spacial score (nSPS) is 31.8. The molecule has 5 rings (SSSR count). The summed E-state index contributed by atoms with van der Waals surface area (Å²) < 4.78 is 0. The first-order valence-electron chi connectivity index (χ1n) is 9.60. The number of non-ortho nitro benzene ring substituents is 1. The van der Waals surface area contributed by atoms with Gasteiger partial charge in [-0.05, 0) is 31.7 Å². The fraction of sp³-hybridized carbons (Fsp3) is 0.429. The van der Waals surface area contributed by atoms with Crippen LogP contribution in [0.4, 0.5) is 11.4 Å². The zero-order valence-corrected chi connectivity index (χ0v) is 14.8. The number of carbonyl (C=O) groups is 2. The van der Waals surface area contributed by atoms with Gasteiger partial charge in [0.25, 0.3) is 5.69 Å². The molecular formula is C21H20N2O4. The van der Waals surface area contributed by atoms with Crippen molar-refractivity contribution in [3.8, 4) is 0 Å². The van der Waals surface area contributed by atoms with Gasteiger partial charge >= 0.3 is 0 Å². The van der Waals surface area contributed by atoms with Crippen molar-refractivity contribution in [1.29, 1.82) is 0 Å². The molecule has 0 unspecified atom stereocenters. The predicted molar refractivity (Wildman–Crippen MR) is 98.8 cm³/mol. The molecule has 6 nitrogen and oxygen atoms in total. The molecule has 0 spiro atoms. The van der Waals surface area contributed by atoms with Crippen LogP contribution in [0, 0.1) is 33.8 Å². The largest absolute Gasteiger partial charge is 0.274 e. The van der Waals surface area contributed by atoms with Gasteiger partial charge in [0.05, 0.1) is 22.4 Å². The fourth-order valence-electron chi connectivity index (χ4n) is 5.50. The number of rotatable bonds is 2. The quantitative estimate of drug-likeness (QED) is 0.346. The highest BCUT2D eigenvalue weighted by molar-refractivity contribution is 6.23. The van der Waals surface area contributed by atoms with E-state index < -0.39 is 4.92 Å². The van der Waals surface area contributed by atoms with E-state index in [1.807, 2.05) is 0 Å². The summed E-state index contributed by atoms with van der Waals surface area (Å²) in [6.07, 6.45) is 10.0. The van der Waals surface area contributed by atoms with Crippen LogP contribution in [0.15, 0.2) is 47.6 Å². The van der Waals surface area contributed by atoms with Gasteiger partial charge in [0.2, 0.25) is 11.8 Å². The molecule has 6 heteroatoms. The van der Waals surface area contributed by atoms with Crippen molar-refractivity contribution in [3.05, 3.63) is 57.7 Å². The molecule has 2 bridgehead atoms. The van der Waals surface area contributed by atoms with Crippen molar-refractivity contribution in [1.82, 2.24) is 0 Å². The first-order chi connectivity index (χ1) is 13.1. The van der Waals surface area contributed by atoms with Gasteiger partial charge in [-0.3, -0.25) is 19.7 Å². The second-order valence-corrected chi connectivity index (χ2v) is 7.90. The summed E-state index contributed by atoms with van der Waals surface area (Å²) >= 11 is 0. The molecule has 4 aliphatic rings. The average molecular weight is 364 g/mol. The SMILES string of the molecule is O=C1[C@@H]2[C@@H](C(=O)N1c1cccc([N+](=O)[O-])c1)[C@H]1C=C[C@H]2C1=C1CCCCC1. The minimum Gasteiger partial charge on any atom is -0.274 e. The third-order valence-electron chi connectivity index (χ3n) is 6.58. The summed E-state index contributed by atoms with van der Waals surface area (Å²) in [5.74, 6) is -1.08. The summed E-state index contributed by atoms with van der Waals surface area (Å²) in [5.41, 5.74) is 2.97. The monoisotopic (exact) mass is 364 g/mol. The van der Waals surface area contributed by atoms with Crippen molar-refractivity contribution in [3.63, 3.8) is 0 Å². The Morgan fingerprint density at radius 3 is 2.19 bits per heavy atom. The first kappa shape index (κ1) is 16.4. The highest BCUT2D eigenvalue weighted by Crippen LogP contribution is 2.58. The number of carbonyl (C=O) groups excluding carboxylic acids is 2. The van der Waals surface area contributed by atoms with Crippen LogP contribution >= 0.6 is 0 Å². The number of nitro benzene ring substituents is 1. The molecule has 1 aromatic rings. The van der Waals surface area contributed by atoms with E-state index in [4.69, 9.17) is 0 Å². The van der Waals surface area contributed by atoms with E-state index in [0.717, 1.165) is 12.8 Å². The number of allylic oxidation sites excluding steroid dienone is 4.